The zero-order chi connectivity index (χ0) is 27.7. The second kappa shape index (κ2) is 12.6. The lowest BCUT2D eigenvalue weighted by molar-refractivity contribution is -0.123. The van der Waals surface area contributed by atoms with Gasteiger partial charge in [0.1, 0.15) is 12.4 Å². The van der Waals surface area contributed by atoms with Gasteiger partial charge >= 0.3 is 0 Å². The highest BCUT2D eigenvalue weighted by Crippen LogP contribution is 2.20. The SMILES string of the molecule is O=C(/C=C/c1cc(Cl)ccc1-n1cnnn1)N[C@@H](CCc1ccccc1)C(=O)Nc1ccc(-n2ccnc2)cc1. The van der Waals surface area contributed by atoms with Gasteiger partial charge < -0.3 is 15.2 Å². The zero-order valence-electron chi connectivity index (χ0n) is 21.3. The monoisotopic (exact) mass is 552 g/mol. The van der Waals surface area contributed by atoms with Gasteiger partial charge in [0.2, 0.25) is 11.8 Å². The Morgan fingerprint density at radius 1 is 1.00 bits per heavy atom. The Labute approximate surface area is 235 Å². The van der Waals surface area contributed by atoms with Gasteiger partial charge in [0.25, 0.3) is 0 Å². The molecular weight excluding hydrogens is 528 g/mol. The van der Waals surface area contributed by atoms with E-state index in [0.717, 1.165) is 11.3 Å². The number of tetrazole rings is 1. The fourth-order valence-corrected chi connectivity index (χ4v) is 4.29. The molecule has 0 aliphatic carbocycles. The first-order valence-electron chi connectivity index (χ1n) is 12.5. The maximum absolute atomic E-state index is 13.3. The molecule has 2 N–H and O–H groups in total. The van der Waals surface area contributed by atoms with Crippen molar-refractivity contribution >= 4 is 35.2 Å². The molecule has 5 aromatic rings. The first kappa shape index (κ1) is 26.5. The summed E-state index contributed by atoms with van der Waals surface area (Å²) in [6, 6.07) is 21.6. The second-order valence-corrected chi connectivity index (χ2v) is 9.32. The minimum atomic E-state index is -0.774. The predicted octanol–water partition coefficient (Wildman–Crippen LogP) is 4.27. The van der Waals surface area contributed by atoms with Gasteiger partial charge in [0, 0.05) is 40.4 Å². The summed E-state index contributed by atoms with van der Waals surface area (Å²) in [6.45, 7) is 0. The van der Waals surface area contributed by atoms with E-state index in [1.165, 1.54) is 17.1 Å². The molecule has 2 heterocycles. The molecule has 200 valence electrons. The number of hydrogen-bond acceptors (Lipinski definition) is 6. The molecule has 5 rings (SSSR count). The number of carbonyl (C=O) groups is 2. The third-order valence-electron chi connectivity index (χ3n) is 6.13. The maximum atomic E-state index is 13.3. The number of carbonyl (C=O) groups excluding carboxylic acids is 2. The minimum Gasteiger partial charge on any atom is -0.341 e. The molecular formula is C29H25ClN8O2. The third kappa shape index (κ3) is 6.86. The fraction of sp³-hybridized carbons (Fsp3) is 0.103. The van der Waals surface area contributed by atoms with Crippen molar-refractivity contribution in [1.29, 1.82) is 0 Å². The van der Waals surface area contributed by atoms with Crippen LogP contribution in [-0.4, -0.2) is 47.6 Å². The van der Waals surface area contributed by atoms with E-state index in [4.69, 9.17) is 11.6 Å². The van der Waals surface area contributed by atoms with Gasteiger partial charge in [-0.3, -0.25) is 9.59 Å². The van der Waals surface area contributed by atoms with E-state index >= 15 is 0 Å². The van der Waals surface area contributed by atoms with E-state index in [9.17, 15) is 9.59 Å². The number of aromatic nitrogens is 6. The van der Waals surface area contributed by atoms with Crippen molar-refractivity contribution in [3.8, 4) is 11.4 Å². The third-order valence-corrected chi connectivity index (χ3v) is 6.37. The summed E-state index contributed by atoms with van der Waals surface area (Å²) < 4.78 is 3.34. The molecule has 0 bridgehead atoms. The molecule has 0 spiro atoms. The first-order chi connectivity index (χ1) is 19.5. The normalized spacial score (nSPS) is 11.8. The van der Waals surface area contributed by atoms with Gasteiger partial charge in [-0.05, 0) is 77.4 Å². The number of nitrogens with zero attached hydrogens (tertiary/aromatic N) is 6. The van der Waals surface area contributed by atoms with Crippen LogP contribution in [0.1, 0.15) is 17.5 Å². The van der Waals surface area contributed by atoms with Crippen molar-refractivity contribution in [2.45, 2.75) is 18.9 Å². The summed E-state index contributed by atoms with van der Waals surface area (Å²) >= 11 is 6.18. The van der Waals surface area contributed by atoms with E-state index in [1.807, 2.05) is 65.4 Å². The van der Waals surface area contributed by atoms with Gasteiger partial charge in [-0.25, -0.2) is 4.98 Å². The number of imidazole rings is 1. The Balaban J connectivity index is 1.30. The average Bonchev–Trinajstić information content (AvgIpc) is 3.71. The highest BCUT2D eigenvalue weighted by atomic mass is 35.5. The Morgan fingerprint density at radius 2 is 1.82 bits per heavy atom. The first-order valence-corrected chi connectivity index (χ1v) is 12.9. The van der Waals surface area contributed by atoms with Crippen LogP contribution < -0.4 is 10.6 Å². The molecule has 1 atom stereocenters. The molecule has 0 radical (unpaired) electrons. The molecule has 3 aromatic carbocycles. The van der Waals surface area contributed by atoms with Crippen LogP contribution >= 0.6 is 11.6 Å². The van der Waals surface area contributed by atoms with Crippen LogP contribution in [0.15, 0.2) is 104 Å². The minimum absolute atomic E-state index is 0.315. The van der Waals surface area contributed by atoms with Crippen molar-refractivity contribution in [2.75, 3.05) is 5.32 Å². The molecule has 40 heavy (non-hydrogen) atoms. The number of hydrogen-bond donors (Lipinski definition) is 2. The van der Waals surface area contributed by atoms with Crippen molar-refractivity contribution in [3.05, 3.63) is 120 Å². The Bertz CT molecular complexity index is 1590. The molecule has 0 unspecified atom stereocenters. The number of nitrogens with one attached hydrogen (secondary N) is 2. The summed E-state index contributed by atoms with van der Waals surface area (Å²) in [5, 5.41) is 17.5. The number of amides is 2. The van der Waals surface area contributed by atoms with Crippen LogP contribution in [-0.2, 0) is 16.0 Å². The molecule has 0 aliphatic rings. The average molecular weight is 553 g/mol. The van der Waals surface area contributed by atoms with E-state index in [2.05, 4.69) is 31.1 Å². The maximum Gasteiger partial charge on any atom is 0.246 e. The van der Waals surface area contributed by atoms with Crippen LogP contribution in [0.4, 0.5) is 5.69 Å². The Kier molecular flexibility index (Phi) is 8.38. The van der Waals surface area contributed by atoms with Gasteiger partial charge in [-0.1, -0.05) is 41.9 Å². The number of benzene rings is 3. The number of anilines is 1. The molecule has 2 aromatic heterocycles. The number of aryl methyl sites for hydroxylation is 1. The van der Waals surface area contributed by atoms with Crippen LogP contribution in [0.3, 0.4) is 0 Å². The smallest absolute Gasteiger partial charge is 0.246 e. The van der Waals surface area contributed by atoms with E-state index in [1.54, 1.807) is 36.8 Å². The topological polar surface area (TPSA) is 120 Å². The van der Waals surface area contributed by atoms with Crippen LogP contribution in [0.5, 0.6) is 0 Å². The number of rotatable bonds is 10. The van der Waals surface area contributed by atoms with Gasteiger partial charge in [0.05, 0.1) is 12.0 Å². The molecule has 0 fully saturated rings. The van der Waals surface area contributed by atoms with Gasteiger partial charge in [0.15, 0.2) is 0 Å². The molecule has 2 amide bonds. The summed E-state index contributed by atoms with van der Waals surface area (Å²) in [6.07, 6.45) is 10.7. The zero-order valence-corrected chi connectivity index (χ0v) is 22.0. The molecule has 11 heteroatoms. The van der Waals surface area contributed by atoms with E-state index in [-0.39, 0.29) is 5.91 Å². The lowest BCUT2D eigenvalue weighted by Crippen LogP contribution is -2.43. The standard InChI is InChI=1S/C29H25ClN8O2/c30-23-8-14-27(38-20-32-35-36-38)22(18-23)7-15-28(39)34-26(13-6-21-4-2-1-3-5-21)29(40)33-24-9-11-25(12-10-24)37-17-16-31-19-37/h1-5,7-12,14-20,26H,6,13H2,(H,33,40)(H,34,39)/b15-7+/t26-/m0/s1. The Hall–Kier alpha value is -5.09. The lowest BCUT2D eigenvalue weighted by atomic mass is 10.0. The van der Waals surface area contributed by atoms with Gasteiger partial charge in [-0.15, -0.1) is 5.10 Å². The summed E-state index contributed by atoms with van der Waals surface area (Å²) in [7, 11) is 0. The summed E-state index contributed by atoms with van der Waals surface area (Å²) in [5.74, 6) is -0.739. The molecule has 0 saturated carbocycles. The molecule has 0 aliphatic heterocycles. The number of halogens is 1. The van der Waals surface area contributed by atoms with Crippen molar-refractivity contribution in [3.63, 3.8) is 0 Å². The van der Waals surface area contributed by atoms with Crippen molar-refractivity contribution in [1.82, 2.24) is 35.1 Å². The van der Waals surface area contributed by atoms with Gasteiger partial charge in [-0.2, -0.15) is 4.68 Å². The second-order valence-electron chi connectivity index (χ2n) is 8.88. The van der Waals surface area contributed by atoms with Crippen LogP contribution in [0, 0.1) is 0 Å². The van der Waals surface area contributed by atoms with E-state index in [0.29, 0.717) is 34.8 Å². The molecule has 10 nitrogen and oxygen atoms in total. The fourth-order valence-electron chi connectivity index (χ4n) is 4.11. The van der Waals surface area contributed by atoms with Crippen LogP contribution in [0.2, 0.25) is 5.02 Å². The highest BCUT2D eigenvalue weighted by Gasteiger charge is 2.20. The lowest BCUT2D eigenvalue weighted by Gasteiger charge is -2.18. The van der Waals surface area contributed by atoms with Crippen molar-refractivity contribution < 1.29 is 9.59 Å². The summed E-state index contributed by atoms with van der Waals surface area (Å²) in [5.41, 5.74) is 3.89. The quantitative estimate of drug-likeness (QED) is 0.250. The predicted molar refractivity (Wildman–Crippen MR) is 152 cm³/mol. The molecule has 0 saturated heterocycles. The van der Waals surface area contributed by atoms with Crippen LogP contribution in [0.25, 0.3) is 17.5 Å². The Morgan fingerprint density at radius 3 is 2.55 bits per heavy atom. The highest BCUT2D eigenvalue weighted by molar-refractivity contribution is 6.30. The summed E-state index contributed by atoms with van der Waals surface area (Å²) in [4.78, 5) is 30.3. The largest absolute Gasteiger partial charge is 0.341 e. The van der Waals surface area contributed by atoms with E-state index < -0.39 is 11.9 Å². The van der Waals surface area contributed by atoms with Crippen molar-refractivity contribution in [2.24, 2.45) is 0 Å².